The number of hydrogen-bond donors (Lipinski definition) is 0. The number of imidazole rings is 1. The van der Waals surface area contributed by atoms with Gasteiger partial charge in [-0.25, -0.2) is 28.7 Å². The van der Waals surface area contributed by atoms with Gasteiger partial charge >= 0.3 is 6.18 Å². The molecule has 3 aromatic heterocycles. The van der Waals surface area contributed by atoms with Crippen LogP contribution in [0.25, 0.3) is 22.8 Å². The molecule has 0 unspecified atom stereocenters. The van der Waals surface area contributed by atoms with Gasteiger partial charge in [0, 0.05) is 37.0 Å². The maximum absolute atomic E-state index is 14.8. The molecule has 4 aromatic rings. The van der Waals surface area contributed by atoms with Crippen molar-refractivity contribution in [1.29, 1.82) is 0 Å². The van der Waals surface area contributed by atoms with Gasteiger partial charge in [-0.3, -0.25) is 0 Å². The molecule has 5 rings (SSSR count). The summed E-state index contributed by atoms with van der Waals surface area (Å²) in [6.45, 7) is -0.397. The number of alkyl halides is 3. The lowest BCUT2D eigenvalue weighted by Gasteiger charge is -2.12. The minimum Gasteiger partial charge on any atom is -0.480 e. The lowest BCUT2D eigenvalue weighted by molar-refractivity contribution is -0.140. The van der Waals surface area contributed by atoms with Gasteiger partial charge in [-0.15, -0.1) is 0 Å². The molecule has 8 nitrogen and oxygen atoms in total. The molecule has 192 valence electrons. The van der Waals surface area contributed by atoms with Gasteiger partial charge in [-0.1, -0.05) is 0 Å². The maximum Gasteiger partial charge on any atom is 0.434 e. The van der Waals surface area contributed by atoms with Gasteiger partial charge in [-0.05, 0) is 25.0 Å². The van der Waals surface area contributed by atoms with E-state index in [1.807, 2.05) is 0 Å². The second kappa shape index (κ2) is 9.37. The lowest BCUT2D eigenvalue weighted by Crippen LogP contribution is -2.06. The highest BCUT2D eigenvalue weighted by Gasteiger charge is 2.35. The summed E-state index contributed by atoms with van der Waals surface area (Å²) in [4.78, 5) is 20.5. The molecule has 3 heterocycles. The van der Waals surface area contributed by atoms with E-state index < -0.39 is 35.7 Å². The van der Waals surface area contributed by atoms with Crippen LogP contribution in [0.15, 0.2) is 36.9 Å². The number of halogens is 5. The highest BCUT2D eigenvalue weighted by Crippen LogP contribution is 2.45. The van der Waals surface area contributed by atoms with Crippen molar-refractivity contribution in [3.63, 3.8) is 0 Å². The standard InChI is InChI=1S/C24H19F5N6O2/c1-35-9-17(24(27,28)29)33-22(35)14-8-15(25)13(7-16(14)26)10-37-18-5-6-30-21(34-18)19-20(12-3-4-12)31-11-32-23(19)36-2/h5-9,11-12H,3-4,10H2,1-2H3. The number of hydrogen-bond acceptors (Lipinski definition) is 7. The van der Waals surface area contributed by atoms with Crippen LogP contribution in [0.4, 0.5) is 22.0 Å². The first-order chi connectivity index (χ1) is 17.7. The molecule has 1 aliphatic rings. The first-order valence-corrected chi connectivity index (χ1v) is 11.1. The minimum absolute atomic E-state index is 0.0838. The lowest BCUT2D eigenvalue weighted by atomic mass is 10.1. The third-order valence-electron chi connectivity index (χ3n) is 5.77. The van der Waals surface area contributed by atoms with Crippen LogP contribution in [-0.4, -0.2) is 36.6 Å². The molecule has 0 bridgehead atoms. The summed E-state index contributed by atoms with van der Waals surface area (Å²) in [6, 6.07) is 3.09. The smallest absolute Gasteiger partial charge is 0.434 e. The van der Waals surface area contributed by atoms with E-state index >= 15 is 0 Å². The van der Waals surface area contributed by atoms with Gasteiger partial charge in [0.2, 0.25) is 11.8 Å². The molecule has 13 heteroatoms. The third-order valence-corrected chi connectivity index (χ3v) is 5.77. The number of aryl methyl sites for hydroxylation is 1. The SMILES string of the molecule is COc1ncnc(C2CC2)c1-c1nccc(OCc2cc(F)c(-c3nc(C(F)(F)F)cn3C)cc2F)n1. The van der Waals surface area contributed by atoms with E-state index in [-0.39, 0.29) is 29.0 Å². The van der Waals surface area contributed by atoms with Crippen LogP contribution in [0.1, 0.15) is 35.7 Å². The summed E-state index contributed by atoms with van der Waals surface area (Å²) in [6.07, 6.45) is 0.786. The summed E-state index contributed by atoms with van der Waals surface area (Å²) < 4.78 is 80.4. The molecular formula is C24H19F5N6O2. The van der Waals surface area contributed by atoms with Crippen LogP contribution in [0.2, 0.25) is 0 Å². The van der Waals surface area contributed by atoms with Gasteiger partial charge in [0.1, 0.15) is 36.0 Å². The van der Waals surface area contributed by atoms with Crippen molar-refractivity contribution >= 4 is 0 Å². The first kappa shape index (κ1) is 24.5. The molecular weight excluding hydrogens is 499 g/mol. The Morgan fingerprint density at radius 3 is 2.51 bits per heavy atom. The monoisotopic (exact) mass is 518 g/mol. The van der Waals surface area contributed by atoms with Crippen LogP contribution < -0.4 is 9.47 Å². The molecule has 0 atom stereocenters. The van der Waals surface area contributed by atoms with Gasteiger partial charge < -0.3 is 14.0 Å². The van der Waals surface area contributed by atoms with Crippen molar-refractivity contribution < 1.29 is 31.4 Å². The second-order valence-corrected chi connectivity index (χ2v) is 8.41. The molecule has 37 heavy (non-hydrogen) atoms. The Morgan fingerprint density at radius 1 is 1.05 bits per heavy atom. The number of nitrogens with zero attached hydrogens (tertiary/aromatic N) is 6. The van der Waals surface area contributed by atoms with E-state index in [0.29, 0.717) is 17.6 Å². The van der Waals surface area contributed by atoms with Crippen molar-refractivity contribution in [2.75, 3.05) is 7.11 Å². The Balaban J connectivity index is 1.39. The minimum atomic E-state index is -4.72. The quantitative estimate of drug-likeness (QED) is 0.315. The van der Waals surface area contributed by atoms with Gasteiger partial charge in [0.25, 0.3) is 0 Å². The molecule has 0 radical (unpaired) electrons. The van der Waals surface area contributed by atoms with E-state index in [1.54, 1.807) is 0 Å². The largest absolute Gasteiger partial charge is 0.480 e. The number of rotatable bonds is 7. The first-order valence-electron chi connectivity index (χ1n) is 11.1. The average molecular weight is 518 g/mol. The number of ether oxygens (including phenoxy) is 2. The predicted molar refractivity (Wildman–Crippen MR) is 119 cm³/mol. The molecule has 0 saturated heterocycles. The van der Waals surface area contributed by atoms with Crippen LogP contribution in [-0.2, 0) is 19.8 Å². The summed E-state index contributed by atoms with van der Waals surface area (Å²) in [5.74, 6) is -1.29. The fourth-order valence-corrected chi connectivity index (χ4v) is 3.83. The predicted octanol–water partition coefficient (Wildman–Crippen LogP) is 5.10. The Bertz CT molecular complexity index is 1470. The zero-order valence-corrected chi connectivity index (χ0v) is 19.6. The summed E-state index contributed by atoms with van der Waals surface area (Å²) in [5.41, 5.74) is -0.483. The molecule has 1 fully saturated rings. The van der Waals surface area contributed by atoms with E-state index in [9.17, 15) is 22.0 Å². The number of methoxy groups -OCH3 is 1. The molecule has 0 spiro atoms. The third kappa shape index (κ3) is 4.93. The highest BCUT2D eigenvalue weighted by molar-refractivity contribution is 5.66. The van der Waals surface area contributed by atoms with Crippen molar-refractivity contribution in [2.24, 2.45) is 7.05 Å². The van der Waals surface area contributed by atoms with E-state index in [4.69, 9.17) is 9.47 Å². The van der Waals surface area contributed by atoms with Crippen LogP contribution in [0, 0.1) is 11.6 Å². The van der Waals surface area contributed by atoms with Gasteiger partial charge in [0.15, 0.2) is 11.5 Å². The molecule has 0 N–H and O–H groups in total. The zero-order valence-electron chi connectivity index (χ0n) is 19.6. The normalized spacial score (nSPS) is 13.6. The fraction of sp³-hybridized carbons (Fsp3) is 0.292. The van der Waals surface area contributed by atoms with E-state index in [2.05, 4.69) is 24.9 Å². The molecule has 1 saturated carbocycles. The summed E-state index contributed by atoms with van der Waals surface area (Å²) >= 11 is 0. The molecule has 0 aliphatic heterocycles. The molecule has 1 aliphatic carbocycles. The number of benzene rings is 1. The zero-order chi connectivity index (χ0) is 26.3. The van der Waals surface area contributed by atoms with Crippen LogP contribution in [0.3, 0.4) is 0 Å². The second-order valence-electron chi connectivity index (χ2n) is 8.41. The maximum atomic E-state index is 14.8. The van der Waals surface area contributed by atoms with Crippen molar-refractivity contribution in [1.82, 2.24) is 29.5 Å². The Kier molecular flexibility index (Phi) is 6.21. The van der Waals surface area contributed by atoms with Crippen LogP contribution >= 0.6 is 0 Å². The topological polar surface area (TPSA) is 87.8 Å². The average Bonchev–Trinajstić information content (AvgIpc) is 3.64. The molecule has 0 amide bonds. The van der Waals surface area contributed by atoms with Gasteiger partial charge in [0.05, 0.1) is 18.4 Å². The van der Waals surface area contributed by atoms with E-state index in [1.165, 1.54) is 32.7 Å². The summed E-state index contributed by atoms with van der Waals surface area (Å²) in [7, 11) is 2.73. The number of aromatic nitrogens is 6. The Labute approximate surface area is 207 Å². The Hall–Kier alpha value is -4.16. The van der Waals surface area contributed by atoms with Crippen molar-refractivity contribution in [2.45, 2.75) is 31.5 Å². The summed E-state index contributed by atoms with van der Waals surface area (Å²) in [5, 5.41) is 0. The highest BCUT2D eigenvalue weighted by atomic mass is 19.4. The Morgan fingerprint density at radius 2 is 1.84 bits per heavy atom. The fourth-order valence-electron chi connectivity index (χ4n) is 3.83. The van der Waals surface area contributed by atoms with Crippen molar-refractivity contribution in [3.8, 4) is 34.5 Å². The van der Waals surface area contributed by atoms with E-state index in [0.717, 1.165) is 35.2 Å². The van der Waals surface area contributed by atoms with Crippen LogP contribution in [0.5, 0.6) is 11.8 Å². The van der Waals surface area contributed by atoms with Crippen molar-refractivity contribution in [3.05, 3.63) is 65.5 Å². The molecule has 1 aromatic carbocycles. The van der Waals surface area contributed by atoms with Gasteiger partial charge in [-0.2, -0.15) is 18.2 Å².